The van der Waals surface area contributed by atoms with Crippen LogP contribution in [0.15, 0.2) is 0 Å². The molecule has 1 aliphatic rings. The predicted molar refractivity (Wildman–Crippen MR) is 83.8 cm³/mol. The number of likely N-dealkylation sites (N-methyl/N-ethyl adjacent to an activating group) is 1. The lowest BCUT2D eigenvalue weighted by atomic mass is 10.1. The van der Waals surface area contributed by atoms with Crippen LogP contribution in [0.25, 0.3) is 0 Å². The van der Waals surface area contributed by atoms with Gasteiger partial charge in [0.05, 0.1) is 6.54 Å². The standard InChI is InChI=1S/C15H30N4O2/c1-2-17-14(20)13-18-9-11-19(12-10-18)15(21)7-5-3-4-6-8-16/h2-13,16H2,1H3,(H,17,20). The van der Waals surface area contributed by atoms with Gasteiger partial charge in [-0.2, -0.15) is 0 Å². The molecule has 1 rings (SSSR count). The smallest absolute Gasteiger partial charge is 0.234 e. The summed E-state index contributed by atoms with van der Waals surface area (Å²) in [6, 6.07) is 0. The van der Waals surface area contributed by atoms with Crippen LogP contribution >= 0.6 is 0 Å². The van der Waals surface area contributed by atoms with E-state index in [1.807, 2.05) is 11.8 Å². The fourth-order valence-electron chi connectivity index (χ4n) is 2.54. The summed E-state index contributed by atoms with van der Waals surface area (Å²) in [5.41, 5.74) is 5.45. The molecule has 6 heteroatoms. The monoisotopic (exact) mass is 298 g/mol. The van der Waals surface area contributed by atoms with Gasteiger partial charge in [-0.3, -0.25) is 14.5 Å². The number of nitrogens with one attached hydrogen (secondary N) is 1. The maximum absolute atomic E-state index is 12.1. The number of nitrogens with two attached hydrogens (primary N) is 1. The number of amides is 2. The molecule has 0 aromatic rings. The molecule has 0 unspecified atom stereocenters. The molecule has 0 aromatic heterocycles. The van der Waals surface area contributed by atoms with Crippen molar-refractivity contribution in [3.05, 3.63) is 0 Å². The molecule has 1 fully saturated rings. The lowest BCUT2D eigenvalue weighted by molar-refractivity contribution is -0.133. The Labute approximate surface area is 128 Å². The molecule has 6 nitrogen and oxygen atoms in total. The average Bonchev–Trinajstić information content (AvgIpc) is 2.48. The Kier molecular flexibility index (Phi) is 9.01. The van der Waals surface area contributed by atoms with Crippen LogP contribution in [0.4, 0.5) is 0 Å². The van der Waals surface area contributed by atoms with Gasteiger partial charge in [-0.05, 0) is 26.3 Å². The summed E-state index contributed by atoms with van der Waals surface area (Å²) in [5, 5.41) is 2.80. The summed E-state index contributed by atoms with van der Waals surface area (Å²) in [5.74, 6) is 0.317. The first-order chi connectivity index (χ1) is 10.2. The Morgan fingerprint density at radius 2 is 1.71 bits per heavy atom. The molecule has 0 aliphatic carbocycles. The van der Waals surface area contributed by atoms with E-state index in [4.69, 9.17) is 5.73 Å². The highest BCUT2D eigenvalue weighted by molar-refractivity contribution is 5.78. The normalized spacial score (nSPS) is 16.0. The van der Waals surface area contributed by atoms with Gasteiger partial charge in [-0.15, -0.1) is 0 Å². The fraction of sp³-hybridized carbons (Fsp3) is 0.867. The molecule has 0 spiro atoms. The minimum Gasteiger partial charge on any atom is -0.355 e. The number of nitrogens with zero attached hydrogens (tertiary/aromatic N) is 2. The van der Waals surface area contributed by atoms with Gasteiger partial charge in [0, 0.05) is 39.1 Å². The molecule has 1 heterocycles. The number of rotatable bonds is 9. The van der Waals surface area contributed by atoms with E-state index < -0.39 is 0 Å². The zero-order valence-corrected chi connectivity index (χ0v) is 13.3. The number of carbonyl (C=O) groups excluding carboxylic acids is 2. The molecule has 3 N–H and O–H groups in total. The minimum atomic E-state index is 0.0668. The predicted octanol–water partition coefficient (Wildman–Crippen LogP) is 0.176. The number of piperazine rings is 1. The zero-order valence-electron chi connectivity index (χ0n) is 13.3. The first-order valence-corrected chi connectivity index (χ1v) is 8.14. The van der Waals surface area contributed by atoms with Crippen LogP contribution < -0.4 is 11.1 Å². The van der Waals surface area contributed by atoms with E-state index in [-0.39, 0.29) is 11.8 Å². The molecule has 1 aliphatic heterocycles. The highest BCUT2D eigenvalue weighted by Crippen LogP contribution is 2.08. The van der Waals surface area contributed by atoms with E-state index in [1.165, 1.54) is 0 Å². The number of unbranched alkanes of at least 4 members (excludes halogenated alkanes) is 3. The molecule has 122 valence electrons. The Bertz CT molecular complexity index is 315. The van der Waals surface area contributed by atoms with E-state index in [9.17, 15) is 9.59 Å². The molecular weight excluding hydrogens is 268 g/mol. The third-order valence-electron chi connectivity index (χ3n) is 3.81. The van der Waals surface area contributed by atoms with Gasteiger partial charge in [0.1, 0.15) is 0 Å². The first-order valence-electron chi connectivity index (χ1n) is 8.14. The van der Waals surface area contributed by atoms with Gasteiger partial charge in [-0.1, -0.05) is 12.8 Å². The Morgan fingerprint density at radius 3 is 2.33 bits per heavy atom. The highest BCUT2D eigenvalue weighted by atomic mass is 16.2. The molecule has 0 saturated carbocycles. The van der Waals surface area contributed by atoms with Crippen LogP contribution in [0, 0.1) is 0 Å². The van der Waals surface area contributed by atoms with E-state index in [2.05, 4.69) is 10.2 Å². The maximum atomic E-state index is 12.1. The molecule has 21 heavy (non-hydrogen) atoms. The molecular formula is C15H30N4O2. The molecule has 2 amide bonds. The summed E-state index contributed by atoms with van der Waals surface area (Å²) in [6.45, 7) is 6.81. The van der Waals surface area contributed by atoms with E-state index >= 15 is 0 Å². The zero-order chi connectivity index (χ0) is 15.5. The summed E-state index contributed by atoms with van der Waals surface area (Å²) in [4.78, 5) is 27.6. The van der Waals surface area contributed by atoms with E-state index in [0.29, 0.717) is 19.5 Å². The van der Waals surface area contributed by atoms with Crippen molar-refractivity contribution in [1.29, 1.82) is 0 Å². The maximum Gasteiger partial charge on any atom is 0.234 e. The summed E-state index contributed by atoms with van der Waals surface area (Å²) in [6.07, 6.45) is 4.84. The van der Waals surface area contributed by atoms with Gasteiger partial charge < -0.3 is 16.0 Å². The van der Waals surface area contributed by atoms with Gasteiger partial charge in [-0.25, -0.2) is 0 Å². The second-order valence-corrected chi connectivity index (χ2v) is 5.56. The van der Waals surface area contributed by atoms with Crippen molar-refractivity contribution in [2.45, 2.75) is 39.0 Å². The largest absolute Gasteiger partial charge is 0.355 e. The van der Waals surface area contributed by atoms with Crippen LogP contribution in [0.5, 0.6) is 0 Å². The van der Waals surface area contributed by atoms with Crippen LogP contribution in [0.2, 0.25) is 0 Å². The fourth-order valence-corrected chi connectivity index (χ4v) is 2.54. The topological polar surface area (TPSA) is 78.7 Å². The number of hydrogen-bond donors (Lipinski definition) is 2. The van der Waals surface area contributed by atoms with Crippen LogP contribution in [-0.4, -0.2) is 67.4 Å². The van der Waals surface area contributed by atoms with Crippen LogP contribution in [0.3, 0.4) is 0 Å². The third kappa shape index (κ3) is 7.43. The van der Waals surface area contributed by atoms with Crippen molar-refractivity contribution >= 4 is 11.8 Å². The van der Waals surface area contributed by atoms with E-state index in [0.717, 1.165) is 58.4 Å². The molecule has 0 radical (unpaired) electrons. The molecule has 0 atom stereocenters. The SMILES string of the molecule is CCNC(=O)CN1CCN(C(=O)CCCCCCN)CC1. The van der Waals surface area contributed by atoms with Crippen LogP contribution in [-0.2, 0) is 9.59 Å². The van der Waals surface area contributed by atoms with Gasteiger partial charge in [0.2, 0.25) is 11.8 Å². The van der Waals surface area contributed by atoms with E-state index in [1.54, 1.807) is 0 Å². The lowest BCUT2D eigenvalue weighted by Gasteiger charge is -2.34. The number of hydrogen-bond acceptors (Lipinski definition) is 4. The van der Waals surface area contributed by atoms with Gasteiger partial charge in [0.25, 0.3) is 0 Å². The van der Waals surface area contributed by atoms with Crippen molar-refractivity contribution in [2.75, 3.05) is 45.8 Å². The number of carbonyl (C=O) groups is 2. The second kappa shape index (κ2) is 10.6. The Hall–Kier alpha value is -1.14. The Balaban J connectivity index is 2.14. The van der Waals surface area contributed by atoms with Gasteiger partial charge >= 0.3 is 0 Å². The molecule has 1 saturated heterocycles. The van der Waals surface area contributed by atoms with Crippen molar-refractivity contribution < 1.29 is 9.59 Å². The summed E-state index contributed by atoms with van der Waals surface area (Å²) >= 11 is 0. The van der Waals surface area contributed by atoms with Crippen molar-refractivity contribution in [3.8, 4) is 0 Å². The lowest BCUT2D eigenvalue weighted by Crippen LogP contribution is -2.51. The van der Waals surface area contributed by atoms with Gasteiger partial charge in [0.15, 0.2) is 0 Å². The van der Waals surface area contributed by atoms with Crippen molar-refractivity contribution in [1.82, 2.24) is 15.1 Å². The van der Waals surface area contributed by atoms with Crippen molar-refractivity contribution in [3.63, 3.8) is 0 Å². The van der Waals surface area contributed by atoms with Crippen molar-refractivity contribution in [2.24, 2.45) is 5.73 Å². The van der Waals surface area contributed by atoms with Crippen LogP contribution in [0.1, 0.15) is 39.0 Å². The summed E-state index contributed by atoms with van der Waals surface area (Å²) in [7, 11) is 0. The summed E-state index contributed by atoms with van der Waals surface area (Å²) < 4.78 is 0. The minimum absolute atomic E-state index is 0.0668. The highest BCUT2D eigenvalue weighted by Gasteiger charge is 2.21. The Morgan fingerprint density at radius 1 is 1.05 bits per heavy atom. The average molecular weight is 298 g/mol. The quantitative estimate of drug-likeness (QED) is 0.595. The third-order valence-corrected chi connectivity index (χ3v) is 3.81. The first kappa shape index (κ1) is 17.9. The molecule has 0 bridgehead atoms. The molecule has 0 aromatic carbocycles. The second-order valence-electron chi connectivity index (χ2n) is 5.56.